The number of hydrogen-bond donors (Lipinski definition) is 1. The van der Waals surface area contributed by atoms with Crippen LogP contribution in [0.4, 0.5) is 11.4 Å². The van der Waals surface area contributed by atoms with Gasteiger partial charge in [0.25, 0.3) is 5.91 Å². The second kappa shape index (κ2) is 8.39. The van der Waals surface area contributed by atoms with Crippen LogP contribution in [0.2, 0.25) is 5.02 Å². The maximum Gasteiger partial charge on any atom is 0.267 e. The van der Waals surface area contributed by atoms with Crippen molar-refractivity contribution in [1.29, 1.82) is 0 Å². The van der Waals surface area contributed by atoms with Gasteiger partial charge in [-0.15, -0.1) is 0 Å². The van der Waals surface area contributed by atoms with Gasteiger partial charge in [-0.2, -0.15) is 0 Å². The molecule has 0 bridgehead atoms. The fourth-order valence-electron chi connectivity index (χ4n) is 2.97. The highest BCUT2D eigenvalue weighted by Gasteiger charge is 2.31. The molecule has 0 aliphatic carbocycles. The van der Waals surface area contributed by atoms with E-state index in [9.17, 15) is 9.59 Å². The van der Waals surface area contributed by atoms with Crippen LogP contribution in [0.25, 0.3) is 0 Å². The van der Waals surface area contributed by atoms with E-state index in [0.717, 1.165) is 0 Å². The number of nitrogens with zero attached hydrogens (tertiary/aromatic N) is 1. The van der Waals surface area contributed by atoms with Crippen molar-refractivity contribution in [2.24, 2.45) is 0 Å². The molecule has 0 unspecified atom stereocenters. The standard InChI is InChI=1S/C20H21ClN2O5/c1-12-20(25)23(15-6-4-5-7-16(15)28-12)9-8-19(24)22-14-10-13(21)17(26-2)11-18(14)27-3/h4-7,10-12H,8-9H2,1-3H3,(H,22,24)/t12-/m0/s1. The number of para-hydroxylation sites is 2. The number of halogens is 1. The molecule has 0 fully saturated rings. The average molecular weight is 405 g/mol. The number of amides is 2. The third-order valence-electron chi connectivity index (χ3n) is 4.38. The van der Waals surface area contributed by atoms with E-state index in [1.54, 1.807) is 36.1 Å². The number of ether oxygens (including phenoxy) is 3. The van der Waals surface area contributed by atoms with Gasteiger partial charge in [-0.3, -0.25) is 9.59 Å². The molecule has 1 atom stereocenters. The van der Waals surface area contributed by atoms with Crippen LogP contribution in [-0.4, -0.2) is 38.7 Å². The predicted molar refractivity (Wildman–Crippen MR) is 107 cm³/mol. The van der Waals surface area contributed by atoms with Gasteiger partial charge in [0.2, 0.25) is 5.91 Å². The molecule has 1 aliphatic rings. The van der Waals surface area contributed by atoms with Crippen molar-refractivity contribution in [2.75, 3.05) is 31.0 Å². The van der Waals surface area contributed by atoms with E-state index in [4.69, 9.17) is 25.8 Å². The zero-order valence-corrected chi connectivity index (χ0v) is 16.6. The molecule has 148 valence electrons. The summed E-state index contributed by atoms with van der Waals surface area (Å²) in [6.07, 6.45) is -0.502. The number of carbonyl (C=O) groups excluding carboxylic acids is 2. The molecule has 1 aliphatic heterocycles. The first-order valence-electron chi connectivity index (χ1n) is 8.73. The highest BCUT2D eigenvalue weighted by atomic mass is 35.5. The van der Waals surface area contributed by atoms with Gasteiger partial charge in [-0.25, -0.2) is 0 Å². The van der Waals surface area contributed by atoms with Gasteiger partial charge in [0.15, 0.2) is 6.10 Å². The predicted octanol–water partition coefficient (Wildman–Crippen LogP) is 3.50. The molecule has 1 heterocycles. The van der Waals surface area contributed by atoms with Crippen molar-refractivity contribution in [3.05, 3.63) is 41.4 Å². The van der Waals surface area contributed by atoms with Crippen LogP contribution in [0.1, 0.15) is 13.3 Å². The first-order chi connectivity index (χ1) is 13.4. The quantitative estimate of drug-likeness (QED) is 0.797. The molecule has 2 amide bonds. The van der Waals surface area contributed by atoms with Crippen molar-refractivity contribution >= 4 is 34.8 Å². The lowest BCUT2D eigenvalue weighted by Gasteiger charge is -2.32. The summed E-state index contributed by atoms with van der Waals surface area (Å²) < 4.78 is 16.0. The van der Waals surface area contributed by atoms with Gasteiger partial charge in [-0.05, 0) is 25.1 Å². The molecular formula is C20H21ClN2O5. The summed E-state index contributed by atoms with van der Waals surface area (Å²) in [5, 5.41) is 3.12. The summed E-state index contributed by atoms with van der Waals surface area (Å²) in [5.41, 5.74) is 1.09. The molecule has 8 heteroatoms. The van der Waals surface area contributed by atoms with Gasteiger partial charge in [0, 0.05) is 19.0 Å². The Morgan fingerprint density at radius 2 is 1.93 bits per heavy atom. The molecule has 0 saturated carbocycles. The Balaban J connectivity index is 1.71. The zero-order chi connectivity index (χ0) is 20.3. The minimum absolute atomic E-state index is 0.0968. The van der Waals surface area contributed by atoms with Crippen molar-refractivity contribution in [3.63, 3.8) is 0 Å². The van der Waals surface area contributed by atoms with E-state index in [1.807, 2.05) is 12.1 Å². The summed E-state index contributed by atoms with van der Waals surface area (Å²) in [7, 11) is 2.99. The Kier molecular flexibility index (Phi) is 5.94. The second-order valence-electron chi connectivity index (χ2n) is 6.20. The SMILES string of the molecule is COc1cc(OC)c(NC(=O)CCN2C(=O)[C@H](C)Oc3ccccc32)cc1Cl. The molecule has 0 saturated heterocycles. The average Bonchev–Trinajstić information content (AvgIpc) is 2.68. The number of anilines is 2. The number of hydrogen-bond acceptors (Lipinski definition) is 5. The Labute approximate surface area is 168 Å². The van der Waals surface area contributed by atoms with Crippen molar-refractivity contribution in [1.82, 2.24) is 0 Å². The lowest BCUT2D eigenvalue weighted by molar-refractivity contribution is -0.125. The zero-order valence-electron chi connectivity index (χ0n) is 15.8. The molecule has 1 N–H and O–H groups in total. The lowest BCUT2D eigenvalue weighted by atomic mass is 10.1. The molecule has 2 aromatic carbocycles. The van der Waals surface area contributed by atoms with E-state index < -0.39 is 6.10 Å². The van der Waals surface area contributed by atoms with Crippen LogP contribution in [0.3, 0.4) is 0 Å². The molecule has 0 aromatic heterocycles. The van der Waals surface area contributed by atoms with Gasteiger partial charge in [0.05, 0.1) is 30.6 Å². The highest BCUT2D eigenvalue weighted by molar-refractivity contribution is 6.32. The lowest BCUT2D eigenvalue weighted by Crippen LogP contribution is -2.45. The van der Waals surface area contributed by atoms with Crippen LogP contribution in [-0.2, 0) is 9.59 Å². The Morgan fingerprint density at radius 3 is 2.64 bits per heavy atom. The number of methoxy groups -OCH3 is 2. The van der Waals surface area contributed by atoms with E-state index in [-0.39, 0.29) is 24.8 Å². The first-order valence-corrected chi connectivity index (χ1v) is 9.10. The number of fused-ring (bicyclic) bond motifs is 1. The van der Waals surface area contributed by atoms with E-state index >= 15 is 0 Å². The Hall–Kier alpha value is -2.93. The first kappa shape index (κ1) is 19.8. The summed E-state index contributed by atoms with van der Waals surface area (Å²) >= 11 is 6.13. The molecule has 0 spiro atoms. The van der Waals surface area contributed by atoms with Gasteiger partial charge < -0.3 is 24.4 Å². The van der Waals surface area contributed by atoms with Crippen LogP contribution in [0, 0.1) is 0 Å². The van der Waals surface area contributed by atoms with Gasteiger partial charge >= 0.3 is 0 Å². The maximum atomic E-state index is 12.5. The molecule has 7 nitrogen and oxygen atoms in total. The van der Waals surface area contributed by atoms with E-state index in [2.05, 4.69) is 5.32 Å². The molecule has 3 rings (SSSR count). The third-order valence-corrected chi connectivity index (χ3v) is 4.68. The van der Waals surface area contributed by atoms with Crippen molar-refractivity contribution < 1.29 is 23.8 Å². The van der Waals surface area contributed by atoms with Crippen molar-refractivity contribution in [2.45, 2.75) is 19.4 Å². The normalized spacial score (nSPS) is 15.5. The highest BCUT2D eigenvalue weighted by Crippen LogP contribution is 2.36. The van der Waals surface area contributed by atoms with Crippen LogP contribution < -0.4 is 24.4 Å². The van der Waals surface area contributed by atoms with Crippen LogP contribution >= 0.6 is 11.6 Å². The summed E-state index contributed by atoms with van der Waals surface area (Å²) in [6, 6.07) is 10.4. The van der Waals surface area contributed by atoms with E-state index in [1.165, 1.54) is 14.2 Å². The fourth-order valence-corrected chi connectivity index (χ4v) is 3.21. The number of rotatable bonds is 6. The summed E-state index contributed by atoms with van der Waals surface area (Å²) in [4.78, 5) is 26.5. The van der Waals surface area contributed by atoms with Crippen LogP contribution in [0.15, 0.2) is 36.4 Å². The largest absolute Gasteiger partial charge is 0.495 e. The molecule has 0 radical (unpaired) electrons. The third kappa shape index (κ3) is 3.99. The Morgan fingerprint density at radius 1 is 1.21 bits per heavy atom. The molecule has 2 aromatic rings. The maximum absolute atomic E-state index is 12.5. The van der Waals surface area contributed by atoms with Crippen LogP contribution in [0.5, 0.6) is 17.2 Å². The Bertz CT molecular complexity index is 902. The fraction of sp³-hybridized carbons (Fsp3) is 0.300. The minimum atomic E-state index is -0.599. The smallest absolute Gasteiger partial charge is 0.267 e. The van der Waals surface area contributed by atoms with Gasteiger partial charge in [0.1, 0.15) is 17.2 Å². The number of carbonyl (C=O) groups is 2. The monoisotopic (exact) mass is 404 g/mol. The number of benzene rings is 2. The molecule has 28 heavy (non-hydrogen) atoms. The second-order valence-corrected chi connectivity index (χ2v) is 6.61. The summed E-state index contributed by atoms with van der Waals surface area (Å²) in [5.74, 6) is 1.04. The number of nitrogens with one attached hydrogen (secondary N) is 1. The summed E-state index contributed by atoms with van der Waals surface area (Å²) in [6.45, 7) is 1.91. The van der Waals surface area contributed by atoms with Gasteiger partial charge in [-0.1, -0.05) is 23.7 Å². The topological polar surface area (TPSA) is 77.1 Å². The van der Waals surface area contributed by atoms with E-state index in [0.29, 0.717) is 33.6 Å². The minimum Gasteiger partial charge on any atom is -0.495 e. The van der Waals surface area contributed by atoms with Crippen molar-refractivity contribution in [3.8, 4) is 17.2 Å². The molecular weight excluding hydrogens is 384 g/mol.